The molecule has 0 unspecified atom stereocenters. The van der Waals surface area contributed by atoms with Gasteiger partial charge in [-0.1, -0.05) is 30.3 Å². The highest BCUT2D eigenvalue weighted by Gasteiger charge is 2.47. The van der Waals surface area contributed by atoms with Crippen molar-refractivity contribution >= 4 is 6.09 Å². The molecule has 0 radical (unpaired) electrons. The molecule has 1 aromatic carbocycles. The lowest BCUT2D eigenvalue weighted by atomic mass is 10.0. The molecular weight excluding hydrogens is 282 g/mol. The van der Waals surface area contributed by atoms with Gasteiger partial charge in [0.25, 0.3) is 0 Å². The van der Waals surface area contributed by atoms with Crippen LogP contribution in [0.15, 0.2) is 30.3 Å². The molecule has 0 aliphatic carbocycles. The first-order chi connectivity index (χ1) is 10.5. The van der Waals surface area contributed by atoms with Crippen molar-refractivity contribution in [3.63, 3.8) is 0 Å². The van der Waals surface area contributed by atoms with Crippen LogP contribution in [-0.4, -0.2) is 42.1 Å². The number of hydrogen-bond donors (Lipinski definition) is 0. The fourth-order valence-electron chi connectivity index (χ4n) is 2.95. The lowest BCUT2D eigenvalue weighted by Gasteiger charge is -2.38. The van der Waals surface area contributed by atoms with Crippen molar-refractivity contribution in [2.75, 3.05) is 19.7 Å². The molecule has 0 saturated carbocycles. The Morgan fingerprint density at radius 3 is 2.50 bits per heavy atom. The van der Waals surface area contributed by atoms with Gasteiger partial charge in [0.05, 0.1) is 12.2 Å². The minimum absolute atomic E-state index is 0.240. The summed E-state index contributed by atoms with van der Waals surface area (Å²) >= 11 is 0. The van der Waals surface area contributed by atoms with Gasteiger partial charge in [-0.05, 0) is 19.4 Å². The molecular formula is C17H23NO4. The zero-order chi connectivity index (χ0) is 15.6. The Kier molecular flexibility index (Phi) is 4.10. The van der Waals surface area contributed by atoms with Gasteiger partial charge in [0, 0.05) is 25.9 Å². The van der Waals surface area contributed by atoms with Gasteiger partial charge in [0.2, 0.25) is 0 Å². The smallest absolute Gasteiger partial charge is 0.410 e. The third-order valence-electron chi connectivity index (χ3n) is 4.13. The molecule has 0 aromatic heterocycles. The summed E-state index contributed by atoms with van der Waals surface area (Å²) in [6.07, 6.45) is 1.12. The molecule has 0 atom stereocenters. The standard InChI is InChI=1S/C17H23NO4/c1-16(2)13-21-17(22-16)8-10-18(11-9-17)15(19)20-12-14-6-4-3-5-7-14/h3-7H,8-13H2,1-2H3. The summed E-state index contributed by atoms with van der Waals surface area (Å²) in [6.45, 7) is 6.17. The molecule has 1 amide bonds. The number of carbonyl (C=O) groups is 1. The molecule has 3 rings (SSSR count). The van der Waals surface area contributed by atoms with E-state index in [1.54, 1.807) is 4.90 Å². The number of carbonyl (C=O) groups excluding carboxylic acids is 1. The Balaban J connectivity index is 1.48. The lowest BCUT2D eigenvalue weighted by molar-refractivity contribution is -0.204. The van der Waals surface area contributed by atoms with Crippen LogP contribution in [0.25, 0.3) is 0 Å². The normalized spacial score (nSPS) is 22.7. The van der Waals surface area contributed by atoms with E-state index in [9.17, 15) is 4.79 Å². The Labute approximate surface area is 131 Å². The van der Waals surface area contributed by atoms with Gasteiger partial charge in [-0.2, -0.15) is 0 Å². The minimum Gasteiger partial charge on any atom is -0.445 e. The van der Waals surface area contributed by atoms with Crippen molar-refractivity contribution in [2.24, 2.45) is 0 Å². The van der Waals surface area contributed by atoms with Crippen molar-refractivity contribution in [3.05, 3.63) is 35.9 Å². The molecule has 120 valence electrons. The summed E-state index contributed by atoms with van der Waals surface area (Å²) in [7, 11) is 0. The second-order valence-corrected chi connectivity index (χ2v) is 6.59. The van der Waals surface area contributed by atoms with E-state index in [0.29, 0.717) is 39.1 Å². The van der Waals surface area contributed by atoms with Crippen molar-refractivity contribution in [1.82, 2.24) is 4.90 Å². The third-order valence-corrected chi connectivity index (χ3v) is 4.13. The van der Waals surface area contributed by atoms with E-state index in [1.807, 2.05) is 44.2 Å². The molecule has 2 fully saturated rings. The lowest BCUT2D eigenvalue weighted by Crippen LogP contribution is -2.48. The summed E-state index contributed by atoms with van der Waals surface area (Å²) in [6, 6.07) is 9.70. The molecule has 22 heavy (non-hydrogen) atoms. The van der Waals surface area contributed by atoms with Gasteiger partial charge in [0.15, 0.2) is 5.79 Å². The monoisotopic (exact) mass is 305 g/mol. The van der Waals surface area contributed by atoms with E-state index in [-0.39, 0.29) is 11.7 Å². The van der Waals surface area contributed by atoms with Crippen LogP contribution in [-0.2, 0) is 20.8 Å². The largest absolute Gasteiger partial charge is 0.445 e. The summed E-state index contributed by atoms with van der Waals surface area (Å²) in [5.74, 6) is -0.514. The quantitative estimate of drug-likeness (QED) is 0.843. The number of amides is 1. The number of benzene rings is 1. The van der Waals surface area contributed by atoms with Crippen LogP contribution in [0.5, 0.6) is 0 Å². The SMILES string of the molecule is CC1(C)COC2(CCN(C(=O)OCc3ccccc3)CC2)O1. The van der Waals surface area contributed by atoms with Gasteiger partial charge < -0.3 is 19.1 Å². The maximum Gasteiger partial charge on any atom is 0.410 e. The number of piperidine rings is 1. The molecule has 0 bridgehead atoms. The zero-order valence-electron chi connectivity index (χ0n) is 13.2. The van der Waals surface area contributed by atoms with Crippen LogP contribution in [0.2, 0.25) is 0 Å². The Morgan fingerprint density at radius 1 is 1.23 bits per heavy atom. The highest BCUT2D eigenvalue weighted by Crippen LogP contribution is 2.38. The molecule has 1 spiro atoms. The van der Waals surface area contributed by atoms with Gasteiger partial charge in [-0.25, -0.2) is 4.79 Å². The van der Waals surface area contributed by atoms with Gasteiger partial charge in [0.1, 0.15) is 6.61 Å². The molecule has 2 heterocycles. The fraction of sp³-hybridized carbons (Fsp3) is 0.588. The Hall–Kier alpha value is -1.59. The Morgan fingerprint density at radius 2 is 1.91 bits per heavy atom. The summed E-state index contributed by atoms with van der Waals surface area (Å²) in [4.78, 5) is 13.9. The number of hydrogen-bond acceptors (Lipinski definition) is 4. The molecule has 0 N–H and O–H groups in total. The molecule has 5 heteroatoms. The number of nitrogens with zero attached hydrogens (tertiary/aromatic N) is 1. The predicted octanol–water partition coefficient (Wildman–Crippen LogP) is 2.94. The maximum absolute atomic E-state index is 12.1. The van der Waals surface area contributed by atoms with Crippen molar-refractivity contribution in [2.45, 2.75) is 44.7 Å². The average Bonchev–Trinajstić information content (AvgIpc) is 2.81. The molecule has 2 aliphatic rings. The van der Waals surface area contributed by atoms with E-state index >= 15 is 0 Å². The average molecular weight is 305 g/mol. The van der Waals surface area contributed by atoms with E-state index < -0.39 is 5.79 Å². The van der Waals surface area contributed by atoms with Crippen molar-refractivity contribution in [1.29, 1.82) is 0 Å². The molecule has 1 aromatic rings. The first kappa shape index (κ1) is 15.3. The van der Waals surface area contributed by atoms with Gasteiger partial charge in [-0.3, -0.25) is 0 Å². The number of ether oxygens (including phenoxy) is 3. The molecule has 2 saturated heterocycles. The van der Waals surface area contributed by atoms with E-state index in [1.165, 1.54) is 0 Å². The maximum atomic E-state index is 12.1. The van der Waals surface area contributed by atoms with Crippen LogP contribution in [0.3, 0.4) is 0 Å². The van der Waals surface area contributed by atoms with E-state index in [2.05, 4.69) is 0 Å². The first-order valence-corrected chi connectivity index (χ1v) is 7.78. The highest BCUT2D eigenvalue weighted by molar-refractivity contribution is 5.67. The zero-order valence-corrected chi connectivity index (χ0v) is 13.2. The number of likely N-dealkylation sites (tertiary alicyclic amines) is 1. The van der Waals surface area contributed by atoms with Crippen LogP contribution < -0.4 is 0 Å². The minimum atomic E-state index is -0.514. The van der Waals surface area contributed by atoms with Crippen LogP contribution in [0, 0.1) is 0 Å². The van der Waals surface area contributed by atoms with Crippen LogP contribution >= 0.6 is 0 Å². The molecule has 5 nitrogen and oxygen atoms in total. The highest BCUT2D eigenvalue weighted by atomic mass is 16.8. The van der Waals surface area contributed by atoms with E-state index in [0.717, 1.165) is 5.56 Å². The van der Waals surface area contributed by atoms with Crippen molar-refractivity contribution in [3.8, 4) is 0 Å². The third kappa shape index (κ3) is 3.42. The Bertz CT molecular complexity index is 521. The van der Waals surface area contributed by atoms with Gasteiger partial charge >= 0.3 is 6.09 Å². The fourth-order valence-corrected chi connectivity index (χ4v) is 2.95. The predicted molar refractivity (Wildman–Crippen MR) is 81.3 cm³/mol. The second-order valence-electron chi connectivity index (χ2n) is 6.59. The first-order valence-electron chi connectivity index (χ1n) is 7.78. The van der Waals surface area contributed by atoms with Crippen LogP contribution in [0.1, 0.15) is 32.3 Å². The topological polar surface area (TPSA) is 48.0 Å². The van der Waals surface area contributed by atoms with E-state index in [4.69, 9.17) is 14.2 Å². The second kappa shape index (κ2) is 5.89. The summed E-state index contributed by atoms with van der Waals surface area (Å²) in [5, 5.41) is 0. The van der Waals surface area contributed by atoms with Crippen molar-refractivity contribution < 1.29 is 19.0 Å². The summed E-state index contributed by atoms with van der Waals surface area (Å²) in [5.41, 5.74) is 0.754. The van der Waals surface area contributed by atoms with Gasteiger partial charge in [-0.15, -0.1) is 0 Å². The number of rotatable bonds is 2. The summed E-state index contributed by atoms with van der Waals surface area (Å²) < 4.78 is 17.3. The molecule has 2 aliphatic heterocycles. The van der Waals surface area contributed by atoms with Crippen LogP contribution in [0.4, 0.5) is 4.79 Å².